The molecule has 58 valence electrons. The van der Waals surface area contributed by atoms with E-state index in [1.54, 1.807) is 10.7 Å². The van der Waals surface area contributed by atoms with Crippen molar-refractivity contribution in [1.82, 2.24) is 0 Å². The first-order chi connectivity index (χ1) is 4.72. The van der Waals surface area contributed by atoms with Gasteiger partial charge >= 0.3 is 115 Å². The Bertz CT molecular complexity index is 171. The molecule has 0 amide bonds. The van der Waals surface area contributed by atoms with E-state index in [1.807, 2.05) is 0 Å². The summed E-state index contributed by atoms with van der Waals surface area (Å²) in [5, 5.41) is 3.19. The molecule has 0 unspecified atom stereocenters. The molecule has 0 aliphatic heterocycles. The maximum Gasteiger partial charge on any atom is 1.00 e. The van der Waals surface area contributed by atoms with Gasteiger partial charge in [-0.05, 0) is 0 Å². The predicted molar refractivity (Wildman–Crippen MR) is 26.0 cm³/mol. The second kappa shape index (κ2) is 12.4. The molecule has 0 N–H and O–H groups in total. The predicted octanol–water partition coefficient (Wildman–Crippen LogP) is -6.33. The van der Waals surface area contributed by atoms with Crippen LogP contribution >= 0.6 is 0 Å². The smallest absolute Gasteiger partial charge is 1.00 e. The van der Waals surface area contributed by atoms with Gasteiger partial charge < -0.3 is 2.85 Å². The molecule has 0 radical (unpaired) electrons. The van der Waals surface area contributed by atoms with Crippen LogP contribution < -0.4 is 103 Å². The fourth-order valence-corrected chi connectivity index (χ4v) is 0.142. The summed E-state index contributed by atoms with van der Waals surface area (Å²) in [6.07, 6.45) is 0. The van der Waals surface area contributed by atoms with E-state index in [0.29, 0.717) is 0 Å². The third kappa shape index (κ3) is 9.50. The average Bonchev–Trinajstić information content (AvgIpc) is 1.89. The zero-order valence-corrected chi connectivity index (χ0v) is 12.6. The minimum Gasteiger partial charge on any atom is -1.00 e. The molecule has 0 saturated heterocycles. The first-order valence-corrected chi connectivity index (χ1v) is 1.80. The first kappa shape index (κ1) is 19.1. The van der Waals surface area contributed by atoms with Gasteiger partial charge in [0.15, 0.2) is 10.7 Å². The Balaban J connectivity index is -0.0000000675. The minimum atomic E-state index is -1.70. The number of hydrogen-bond donors (Lipinski definition) is 0. The Hall–Kier alpha value is 1.41. The molecular formula is C2H2K2N2O6. The maximum atomic E-state index is 9.94. The van der Waals surface area contributed by atoms with E-state index >= 15 is 0 Å². The quantitative estimate of drug-likeness (QED) is 0.201. The van der Waals surface area contributed by atoms with E-state index in [1.165, 1.54) is 0 Å². The first-order valence-electron chi connectivity index (χ1n) is 1.80. The molecular weight excluding hydrogens is 226 g/mol. The van der Waals surface area contributed by atoms with Crippen molar-refractivity contribution in [3.8, 4) is 0 Å². The molecule has 0 fully saturated rings. The maximum absolute atomic E-state index is 9.94. The number of carbonyl (C=O) groups is 2. The van der Waals surface area contributed by atoms with E-state index in [4.69, 9.17) is 9.81 Å². The molecule has 0 aromatic rings. The fraction of sp³-hybridized carbons (Fsp3) is 0. The van der Waals surface area contributed by atoms with Crippen molar-refractivity contribution in [1.29, 1.82) is 0 Å². The van der Waals surface area contributed by atoms with Crippen molar-refractivity contribution in [2.24, 2.45) is 10.7 Å². The van der Waals surface area contributed by atoms with Gasteiger partial charge in [0.2, 0.25) is 0 Å². The van der Waals surface area contributed by atoms with Gasteiger partial charge in [-0.15, -0.1) is 9.81 Å². The summed E-state index contributed by atoms with van der Waals surface area (Å²) < 4.78 is 0. The number of nitrogens with zero attached hydrogens (tertiary/aromatic N) is 2. The largest absolute Gasteiger partial charge is 1.00 e. The second-order valence-electron chi connectivity index (χ2n) is 0.907. The van der Waals surface area contributed by atoms with E-state index in [2.05, 4.69) is 9.68 Å². The van der Waals surface area contributed by atoms with Crippen LogP contribution in [0.15, 0.2) is 10.7 Å². The number of hydrogen-bond acceptors (Lipinski definition) is 8. The monoisotopic (exact) mass is 228 g/mol. The summed E-state index contributed by atoms with van der Waals surface area (Å²) in [5.41, 5.74) is 0. The van der Waals surface area contributed by atoms with Crippen LogP contribution in [-0.2, 0) is 19.3 Å². The van der Waals surface area contributed by atoms with Gasteiger partial charge in [-0.2, -0.15) is 0 Å². The molecule has 0 aliphatic carbocycles. The molecule has 0 aliphatic rings. The zero-order valence-electron chi connectivity index (χ0n) is 8.34. The molecule has 0 spiro atoms. The Labute approximate surface area is 154 Å². The summed E-state index contributed by atoms with van der Waals surface area (Å²) in [6, 6.07) is 0. The van der Waals surface area contributed by atoms with Crippen LogP contribution in [0.1, 0.15) is 2.85 Å². The molecule has 0 aromatic heterocycles. The molecule has 0 saturated carbocycles. The van der Waals surface area contributed by atoms with E-state index in [0.717, 1.165) is 0 Å². The molecule has 0 heterocycles. The van der Waals surface area contributed by atoms with Crippen LogP contribution in [0.4, 0.5) is 0 Å². The van der Waals surface area contributed by atoms with Crippen molar-refractivity contribution in [2.45, 2.75) is 0 Å². The van der Waals surface area contributed by atoms with Crippen LogP contribution in [0, 0.1) is 9.81 Å². The van der Waals surface area contributed by atoms with Crippen molar-refractivity contribution >= 4 is 11.9 Å². The normalized spacial score (nSPS) is 6.33. The van der Waals surface area contributed by atoms with Crippen LogP contribution in [0.3, 0.4) is 0 Å². The van der Waals surface area contributed by atoms with Gasteiger partial charge in [0, 0.05) is 0 Å². The topological polar surface area (TPSA) is 111 Å². The summed E-state index contributed by atoms with van der Waals surface area (Å²) in [7, 11) is 0. The summed E-state index contributed by atoms with van der Waals surface area (Å²) in [4.78, 5) is 44.5. The summed E-state index contributed by atoms with van der Waals surface area (Å²) >= 11 is 0. The van der Waals surface area contributed by atoms with Gasteiger partial charge in [0.1, 0.15) is 0 Å². The van der Waals surface area contributed by atoms with Crippen molar-refractivity contribution in [3.05, 3.63) is 9.81 Å². The van der Waals surface area contributed by atoms with Gasteiger partial charge in [0.25, 0.3) is 0 Å². The molecule has 0 rings (SSSR count). The summed E-state index contributed by atoms with van der Waals surface area (Å²) in [5.74, 6) is -3.40. The summed E-state index contributed by atoms with van der Waals surface area (Å²) in [6.45, 7) is 0. The van der Waals surface area contributed by atoms with Crippen molar-refractivity contribution < 1.29 is 125 Å². The van der Waals surface area contributed by atoms with Gasteiger partial charge in [-0.25, -0.2) is 9.59 Å². The molecule has 10 heteroatoms. The van der Waals surface area contributed by atoms with E-state index < -0.39 is 11.9 Å². The fourth-order valence-electron chi connectivity index (χ4n) is 0.142. The Kier molecular flexibility index (Phi) is 19.7. The van der Waals surface area contributed by atoms with Crippen LogP contribution in [0.25, 0.3) is 0 Å². The molecule has 0 aromatic carbocycles. The van der Waals surface area contributed by atoms with E-state index in [9.17, 15) is 9.59 Å². The molecule has 0 atom stereocenters. The molecule has 0 bridgehead atoms. The van der Waals surface area contributed by atoms with Gasteiger partial charge in [-0.3, -0.25) is 9.68 Å². The Morgan fingerprint density at radius 3 is 1.33 bits per heavy atom. The second-order valence-corrected chi connectivity index (χ2v) is 0.907. The number of carbonyl (C=O) groups excluding carboxylic acids is 2. The zero-order chi connectivity index (χ0) is 7.98. The SMILES string of the molecule is O=NOC(=O)C(=O)ON=O.[H-].[H-].[K+].[K+]. The van der Waals surface area contributed by atoms with Crippen LogP contribution in [0.2, 0.25) is 0 Å². The van der Waals surface area contributed by atoms with Crippen LogP contribution in [0.5, 0.6) is 0 Å². The molecule has 8 nitrogen and oxygen atoms in total. The van der Waals surface area contributed by atoms with Gasteiger partial charge in [-0.1, -0.05) is 0 Å². The number of rotatable bonds is 2. The van der Waals surface area contributed by atoms with Crippen molar-refractivity contribution in [3.63, 3.8) is 0 Å². The third-order valence-corrected chi connectivity index (χ3v) is 0.407. The minimum absolute atomic E-state index is 0. The average molecular weight is 228 g/mol. The van der Waals surface area contributed by atoms with Crippen LogP contribution in [-0.4, -0.2) is 11.9 Å². The Morgan fingerprint density at radius 1 is 0.917 bits per heavy atom. The van der Waals surface area contributed by atoms with Crippen molar-refractivity contribution in [2.75, 3.05) is 0 Å². The van der Waals surface area contributed by atoms with Gasteiger partial charge in [0.05, 0.1) is 0 Å². The standard InChI is InChI=1S/C2N2O6.2K.2H/c5-1(9-3-7)2(6)10-4-8;;;;/q;2*+1;2*-1. The Morgan fingerprint density at radius 2 is 1.17 bits per heavy atom. The third-order valence-electron chi connectivity index (χ3n) is 0.407. The molecule has 12 heavy (non-hydrogen) atoms. The van der Waals surface area contributed by atoms with E-state index in [-0.39, 0.29) is 106 Å².